The average molecular weight is 358 g/mol. The highest BCUT2D eigenvalue weighted by Gasteiger charge is 2.17. The van der Waals surface area contributed by atoms with Crippen LogP contribution in [-0.2, 0) is 0 Å². The van der Waals surface area contributed by atoms with Crippen LogP contribution in [0, 0.1) is 13.8 Å². The first kappa shape index (κ1) is 16.7. The van der Waals surface area contributed by atoms with Crippen molar-refractivity contribution in [2.75, 3.05) is 5.75 Å². The van der Waals surface area contributed by atoms with Crippen LogP contribution in [0.15, 0.2) is 53.9 Å². The number of aryl methyl sites for hydroxylation is 1. The molecule has 4 nitrogen and oxygen atoms in total. The maximum absolute atomic E-state index is 12.6. The van der Waals surface area contributed by atoms with E-state index >= 15 is 0 Å². The molecule has 0 N–H and O–H groups in total. The van der Waals surface area contributed by atoms with Crippen molar-refractivity contribution < 1.29 is 4.79 Å². The molecule has 3 aromatic rings. The van der Waals surface area contributed by atoms with Gasteiger partial charge in [-0.3, -0.25) is 4.79 Å². The molecule has 0 spiro atoms. The largest absolute Gasteiger partial charge is 0.318 e. The van der Waals surface area contributed by atoms with Crippen molar-refractivity contribution in [3.05, 3.63) is 70.8 Å². The van der Waals surface area contributed by atoms with E-state index in [0.717, 1.165) is 22.6 Å². The number of carbonyl (C=O) groups excluding carboxylic acids is 1. The molecule has 122 valence electrons. The van der Waals surface area contributed by atoms with Gasteiger partial charge in [0.15, 0.2) is 10.9 Å². The van der Waals surface area contributed by atoms with E-state index < -0.39 is 0 Å². The molecule has 3 rings (SSSR count). The molecule has 0 unspecified atom stereocenters. The average Bonchev–Trinajstić information content (AvgIpc) is 2.88. The fourth-order valence-electron chi connectivity index (χ4n) is 2.63. The summed E-state index contributed by atoms with van der Waals surface area (Å²) in [4.78, 5) is 20.8. The number of rotatable bonds is 5. The lowest BCUT2D eigenvalue weighted by atomic mass is 10.2. The molecule has 0 fully saturated rings. The summed E-state index contributed by atoms with van der Waals surface area (Å²) >= 11 is 7.43. The zero-order chi connectivity index (χ0) is 17.1. The van der Waals surface area contributed by atoms with E-state index in [1.807, 2.05) is 48.7 Å². The van der Waals surface area contributed by atoms with Gasteiger partial charge in [0.25, 0.3) is 0 Å². The standard InChI is InChI=1S/C18H16ClN3OS/c1-12-9-16(17(23)11-24-18-20-7-4-8-21-18)13(2)22(12)15-6-3-5-14(19)10-15/h3-10H,11H2,1-2H3. The van der Waals surface area contributed by atoms with Crippen molar-refractivity contribution in [1.82, 2.24) is 14.5 Å². The molecule has 1 aromatic carbocycles. The summed E-state index contributed by atoms with van der Waals surface area (Å²) in [6, 6.07) is 11.3. The Morgan fingerprint density at radius 2 is 1.92 bits per heavy atom. The predicted molar refractivity (Wildman–Crippen MR) is 97.3 cm³/mol. The summed E-state index contributed by atoms with van der Waals surface area (Å²) in [5.41, 5.74) is 3.58. The lowest BCUT2D eigenvalue weighted by molar-refractivity contribution is 0.102. The number of nitrogens with zero attached hydrogens (tertiary/aromatic N) is 3. The first-order valence-corrected chi connectivity index (χ1v) is 8.80. The van der Waals surface area contributed by atoms with Gasteiger partial charge in [-0.15, -0.1) is 0 Å². The van der Waals surface area contributed by atoms with Crippen molar-refractivity contribution in [3.8, 4) is 5.69 Å². The Balaban J connectivity index is 1.84. The van der Waals surface area contributed by atoms with Gasteiger partial charge in [-0.25, -0.2) is 9.97 Å². The van der Waals surface area contributed by atoms with Gasteiger partial charge in [0.2, 0.25) is 0 Å². The van der Waals surface area contributed by atoms with E-state index in [9.17, 15) is 4.79 Å². The minimum absolute atomic E-state index is 0.0637. The molecule has 6 heteroatoms. The Labute approximate surface area is 149 Å². The lowest BCUT2D eigenvalue weighted by Crippen LogP contribution is -2.06. The van der Waals surface area contributed by atoms with Gasteiger partial charge in [-0.2, -0.15) is 0 Å². The van der Waals surface area contributed by atoms with Crippen LogP contribution in [0.2, 0.25) is 5.02 Å². The first-order chi connectivity index (χ1) is 11.6. The third-order valence-corrected chi connectivity index (χ3v) is 4.78. The summed E-state index contributed by atoms with van der Waals surface area (Å²) in [5, 5.41) is 1.28. The van der Waals surface area contributed by atoms with Gasteiger partial charge in [0.1, 0.15) is 0 Å². The number of carbonyl (C=O) groups is 1. The summed E-state index contributed by atoms with van der Waals surface area (Å²) in [7, 11) is 0. The second-order valence-corrected chi connectivity index (χ2v) is 6.72. The number of benzene rings is 1. The molecule has 0 atom stereocenters. The topological polar surface area (TPSA) is 47.8 Å². The van der Waals surface area contributed by atoms with Crippen molar-refractivity contribution in [2.45, 2.75) is 19.0 Å². The SMILES string of the molecule is Cc1cc(C(=O)CSc2ncccn2)c(C)n1-c1cccc(Cl)c1. The third kappa shape index (κ3) is 3.52. The zero-order valence-electron chi connectivity index (χ0n) is 13.4. The van der Waals surface area contributed by atoms with E-state index in [4.69, 9.17) is 11.6 Å². The molecular weight excluding hydrogens is 342 g/mol. The van der Waals surface area contributed by atoms with Crippen LogP contribution in [-0.4, -0.2) is 26.1 Å². The van der Waals surface area contributed by atoms with E-state index in [2.05, 4.69) is 9.97 Å². The monoisotopic (exact) mass is 357 g/mol. The maximum Gasteiger partial charge on any atom is 0.187 e. The molecule has 24 heavy (non-hydrogen) atoms. The summed E-state index contributed by atoms with van der Waals surface area (Å²) in [6.45, 7) is 3.93. The number of ketones is 1. The van der Waals surface area contributed by atoms with E-state index in [-0.39, 0.29) is 5.78 Å². The third-order valence-electron chi connectivity index (χ3n) is 3.67. The van der Waals surface area contributed by atoms with Crippen molar-refractivity contribution in [2.24, 2.45) is 0 Å². The van der Waals surface area contributed by atoms with Gasteiger partial charge >= 0.3 is 0 Å². The maximum atomic E-state index is 12.6. The van der Waals surface area contributed by atoms with Gasteiger partial charge in [-0.05, 0) is 44.2 Å². The second-order valence-electron chi connectivity index (χ2n) is 5.34. The smallest absolute Gasteiger partial charge is 0.187 e. The van der Waals surface area contributed by atoms with Gasteiger partial charge in [0, 0.05) is 40.1 Å². The Bertz CT molecular complexity index is 877. The van der Waals surface area contributed by atoms with E-state index in [1.54, 1.807) is 18.5 Å². The second kappa shape index (κ2) is 7.20. The molecule has 0 saturated carbocycles. The predicted octanol–water partition coefficient (Wildman–Crippen LogP) is 4.51. The summed E-state index contributed by atoms with van der Waals surface area (Å²) in [6.07, 6.45) is 3.34. The molecule has 0 aliphatic rings. The Kier molecular flexibility index (Phi) is 5.02. The number of hydrogen-bond donors (Lipinski definition) is 0. The van der Waals surface area contributed by atoms with Crippen LogP contribution in [0.4, 0.5) is 0 Å². The summed E-state index contributed by atoms with van der Waals surface area (Å²) in [5.74, 6) is 0.373. The highest BCUT2D eigenvalue weighted by atomic mass is 35.5. The lowest BCUT2D eigenvalue weighted by Gasteiger charge is -2.10. The number of aromatic nitrogens is 3. The van der Waals surface area contributed by atoms with E-state index in [1.165, 1.54) is 11.8 Å². The van der Waals surface area contributed by atoms with Gasteiger partial charge in [-0.1, -0.05) is 29.4 Å². The van der Waals surface area contributed by atoms with Gasteiger partial charge in [0.05, 0.1) is 5.75 Å². The van der Waals surface area contributed by atoms with E-state index in [0.29, 0.717) is 15.9 Å². The van der Waals surface area contributed by atoms with Crippen LogP contribution < -0.4 is 0 Å². The van der Waals surface area contributed by atoms with Crippen LogP contribution in [0.25, 0.3) is 5.69 Å². The molecule has 0 radical (unpaired) electrons. The number of Topliss-reactive ketones (excluding diaryl/α,β-unsaturated/α-hetero) is 1. The first-order valence-electron chi connectivity index (χ1n) is 7.44. The van der Waals surface area contributed by atoms with Crippen molar-refractivity contribution >= 4 is 29.1 Å². The Hall–Kier alpha value is -2.11. The fraction of sp³-hybridized carbons (Fsp3) is 0.167. The summed E-state index contributed by atoms with van der Waals surface area (Å²) < 4.78 is 2.04. The van der Waals surface area contributed by atoms with Crippen LogP contribution in [0.3, 0.4) is 0 Å². The van der Waals surface area contributed by atoms with Crippen LogP contribution in [0.1, 0.15) is 21.7 Å². The normalized spacial score (nSPS) is 10.8. The fourth-order valence-corrected chi connectivity index (χ4v) is 3.50. The molecule has 0 saturated heterocycles. The molecule has 0 aliphatic carbocycles. The molecular formula is C18H16ClN3OS. The Morgan fingerprint density at radius 3 is 2.62 bits per heavy atom. The molecule has 2 heterocycles. The molecule has 0 amide bonds. The van der Waals surface area contributed by atoms with Crippen LogP contribution in [0.5, 0.6) is 0 Å². The molecule has 0 aliphatic heterocycles. The number of halogens is 1. The van der Waals surface area contributed by atoms with Crippen molar-refractivity contribution in [3.63, 3.8) is 0 Å². The van der Waals surface area contributed by atoms with Crippen molar-refractivity contribution in [1.29, 1.82) is 0 Å². The minimum atomic E-state index is 0.0637. The molecule has 0 bridgehead atoms. The zero-order valence-corrected chi connectivity index (χ0v) is 14.9. The van der Waals surface area contributed by atoms with Crippen LogP contribution >= 0.6 is 23.4 Å². The highest BCUT2D eigenvalue weighted by molar-refractivity contribution is 7.99. The number of hydrogen-bond acceptors (Lipinski definition) is 4. The highest BCUT2D eigenvalue weighted by Crippen LogP contribution is 2.24. The number of thioether (sulfide) groups is 1. The molecule has 2 aromatic heterocycles. The minimum Gasteiger partial charge on any atom is -0.318 e. The Morgan fingerprint density at radius 1 is 1.17 bits per heavy atom. The quantitative estimate of drug-likeness (QED) is 0.383. The van der Waals surface area contributed by atoms with Gasteiger partial charge < -0.3 is 4.57 Å².